The first-order valence-corrected chi connectivity index (χ1v) is 12.8. The Hall–Kier alpha value is -1.94. The van der Waals surface area contributed by atoms with Gasteiger partial charge in [0.1, 0.15) is 5.82 Å². The van der Waals surface area contributed by atoms with Crippen molar-refractivity contribution in [3.8, 4) is 0 Å². The van der Waals surface area contributed by atoms with Gasteiger partial charge in [0.05, 0.1) is 18.1 Å². The topological polar surface area (TPSA) is 75.7 Å². The Labute approximate surface area is 187 Å². The minimum absolute atomic E-state index is 0.179. The van der Waals surface area contributed by atoms with Crippen LogP contribution < -0.4 is 5.32 Å². The van der Waals surface area contributed by atoms with Crippen LogP contribution >= 0.6 is 11.8 Å². The first-order chi connectivity index (χ1) is 14.9. The van der Waals surface area contributed by atoms with Crippen LogP contribution in [-0.4, -0.2) is 57.2 Å². The van der Waals surface area contributed by atoms with Crippen molar-refractivity contribution in [3.63, 3.8) is 0 Å². The molecule has 3 rings (SSSR count). The number of morpholine rings is 1. The molecule has 0 aliphatic carbocycles. The Morgan fingerprint density at radius 2 is 1.90 bits per heavy atom. The summed E-state index contributed by atoms with van der Waals surface area (Å²) in [5, 5.41) is 2.81. The number of nitrogens with zero attached hydrogens (tertiary/aromatic N) is 1. The lowest BCUT2D eigenvalue weighted by atomic mass is 10.1. The molecule has 168 valence electrons. The minimum Gasteiger partial charge on any atom is -0.379 e. The molecular weight excluding hydrogens is 439 g/mol. The molecule has 1 aliphatic rings. The van der Waals surface area contributed by atoms with Crippen molar-refractivity contribution in [1.29, 1.82) is 0 Å². The molecule has 1 N–H and O–H groups in total. The molecule has 2 aromatic rings. The van der Waals surface area contributed by atoms with E-state index < -0.39 is 10.0 Å². The summed E-state index contributed by atoms with van der Waals surface area (Å²) >= 11 is 1.52. The average molecular weight is 467 g/mol. The second kappa shape index (κ2) is 11.1. The standard InChI is InChI=1S/C22H27FN2O4S2/c1-2-17-7-8-18(15-21(17)31(27,28)25-10-12-29-13-11-25)22(26)24-9-14-30-16-19-5-3-4-6-20(19)23/h3-8,15H,2,9-14,16H2,1H3,(H,24,26). The number of carbonyl (C=O) groups excluding carboxylic acids is 1. The van der Waals surface area contributed by atoms with E-state index in [1.165, 1.54) is 28.2 Å². The fourth-order valence-corrected chi connectivity index (χ4v) is 5.86. The van der Waals surface area contributed by atoms with Gasteiger partial charge < -0.3 is 10.1 Å². The van der Waals surface area contributed by atoms with Crippen LogP contribution in [0.25, 0.3) is 0 Å². The van der Waals surface area contributed by atoms with Gasteiger partial charge in [0, 0.05) is 36.7 Å². The van der Waals surface area contributed by atoms with Gasteiger partial charge in [-0.3, -0.25) is 4.79 Å². The van der Waals surface area contributed by atoms with Crippen LogP contribution in [0.15, 0.2) is 47.4 Å². The number of hydrogen-bond donors (Lipinski definition) is 1. The van der Waals surface area contributed by atoms with E-state index in [1.54, 1.807) is 30.3 Å². The second-order valence-electron chi connectivity index (χ2n) is 7.09. The molecule has 9 heteroatoms. The zero-order chi connectivity index (χ0) is 22.3. The molecule has 0 atom stereocenters. The number of hydrogen-bond acceptors (Lipinski definition) is 5. The summed E-state index contributed by atoms with van der Waals surface area (Å²) in [7, 11) is -3.69. The molecule has 0 unspecified atom stereocenters. The number of carbonyl (C=O) groups is 1. The van der Waals surface area contributed by atoms with Crippen molar-refractivity contribution < 1.29 is 22.3 Å². The van der Waals surface area contributed by atoms with Gasteiger partial charge in [0.2, 0.25) is 10.0 Å². The maximum atomic E-state index is 13.6. The average Bonchev–Trinajstić information content (AvgIpc) is 2.80. The zero-order valence-electron chi connectivity index (χ0n) is 17.5. The molecule has 0 bridgehead atoms. The molecule has 0 saturated carbocycles. The number of thioether (sulfide) groups is 1. The monoisotopic (exact) mass is 466 g/mol. The highest BCUT2D eigenvalue weighted by Crippen LogP contribution is 2.23. The highest BCUT2D eigenvalue weighted by Gasteiger charge is 2.29. The van der Waals surface area contributed by atoms with Crippen molar-refractivity contribution in [2.45, 2.75) is 24.0 Å². The molecule has 1 aliphatic heterocycles. The number of sulfonamides is 1. The summed E-state index contributed by atoms with van der Waals surface area (Å²) in [5.74, 6) is 0.582. The summed E-state index contributed by atoms with van der Waals surface area (Å²) in [6, 6.07) is 11.4. The molecule has 6 nitrogen and oxygen atoms in total. The fraction of sp³-hybridized carbons (Fsp3) is 0.409. The van der Waals surface area contributed by atoms with E-state index in [4.69, 9.17) is 4.74 Å². The van der Waals surface area contributed by atoms with Crippen LogP contribution in [0.2, 0.25) is 0 Å². The molecule has 0 radical (unpaired) electrons. The first kappa shape index (κ1) is 23.7. The fourth-order valence-electron chi connectivity index (χ4n) is 3.29. The van der Waals surface area contributed by atoms with E-state index in [1.807, 2.05) is 6.92 Å². The van der Waals surface area contributed by atoms with Crippen LogP contribution in [0.3, 0.4) is 0 Å². The lowest BCUT2D eigenvalue weighted by molar-refractivity contribution is 0.0730. The lowest BCUT2D eigenvalue weighted by Crippen LogP contribution is -2.41. The SMILES string of the molecule is CCc1ccc(C(=O)NCCSCc2ccccc2F)cc1S(=O)(=O)N1CCOCC1. The number of nitrogens with one attached hydrogen (secondary N) is 1. The van der Waals surface area contributed by atoms with Gasteiger partial charge in [-0.2, -0.15) is 16.1 Å². The minimum atomic E-state index is -3.69. The molecule has 0 spiro atoms. The third-order valence-corrected chi connectivity index (χ3v) is 8.03. The van der Waals surface area contributed by atoms with Gasteiger partial charge in [0.15, 0.2) is 0 Å². The maximum Gasteiger partial charge on any atom is 0.251 e. The van der Waals surface area contributed by atoms with Gasteiger partial charge in [-0.15, -0.1) is 0 Å². The quantitative estimate of drug-likeness (QED) is 0.575. The van der Waals surface area contributed by atoms with E-state index in [0.29, 0.717) is 67.5 Å². The molecule has 1 fully saturated rings. The van der Waals surface area contributed by atoms with Gasteiger partial charge in [-0.25, -0.2) is 12.8 Å². The number of halogens is 1. The first-order valence-electron chi connectivity index (χ1n) is 10.2. The summed E-state index contributed by atoms with van der Waals surface area (Å²) in [4.78, 5) is 12.8. The highest BCUT2D eigenvalue weighted by molar-refractivity contribution is 7.98. The molecular formula is C22H27FN2O4S2. The lowest BCUT2D eigenvalue weighted by Gasteiger charge is -2.27. The zero-order valence-corrected chi connectivity index (χ0v) is 19.1. The Balaban J connectivity index is 1.61. The molecule has 1 heterocycles. The van der Waals surface area contributed by atoms with Crippen LogP contribution in [0, 0.1) is 5.82 Å². The Morgan fingerprint density at radius 3 is 2.61 bits per heavy atom. The normalized spacial score (nSPS) is 15.0. The highest BCUT2D eigenvalue weighted by atomic mass is 32.2. The van der Waals surface area contributed by atoms with Crippen LogP contribution in [0.4, 0.5) is 4.39 Å². The molecule has 1 amide bonds. The van der Waals surface area contributed by atoms with Crippen molar-refractivity contribution in [2.24, 2.45) is 0 Å². The number of amides is 1. The Kier molecular flexibility index (Phi) is 8.48. The van der Waals surface area contributed by atoms with Crippen molar-refractivity contribution in [3.05, 3.63) is 65.0 Å². The third-order valence-electron chi connectivity index (χ3n) is 5.05. The van der Waals surface area contributed by atoms with Gasteiger partial charge in [-0.1, -0.05) is 31.2 Å². The van der Waals surface area contributed by atoms with Gasteiger partial charge in [0.25, 0.3) is 5.91 Å². The summed E-state index contributed by atoms with van der Waals surface area (Å²) in [6.07, 6.45) is 0.549. The van der Waals surface area contributed by atoms with Gasteiger partial charge >= 0.3 is 0 Å². The predicted molar refractivity (Wildman–Crippen MR) is 120 cm³/mol. The summed E-state index contributed by atoms with van der Waals surface area (Å²) in [6.45, 7) is 3.64. The van der Waals surface area contributed by atoms with Crippen molar-refractivity contribution in [1.82, 2.24) is 9.62 Å². The largest absolute Gasteiger partial charge is 0.379 e. The second-order valence-corrected chi connectivity index (χ2v) is 10.1. The van der Waals surface area contributed by atoms with E-state index >= 15 is 0 Å². The maximum absolute atomic E-state index is 13.6. The molecule has 2 aromatic carbocycles. The van der Waals surface area contributed by atoms with E-state index in [-0.39, 0.29) is 16.6 Å². The van der Waals surface area contributed by atoms with E-state index in [0.717, 1.165) is 0 Å². The smallest absolute Gasteiger partial charge is 0.251 e. The molecule has 0 aromatic heterocycles. The van der Waals surface area contributed by atoms with E-state index in [9.17, 15) is 17.6 Å². The Bertz CT molecular complexity index is 1010. The van der Waals surface area contributed by atoms with Crippen LogP contribution in [0.1, 0.15) is 28.4 Å². The third kappa shape index (κ3) is 6.06. The van der Waals surface area contributed by atoms with Crippen LogP contribution in [0.5, 0.6) is 0 Å². The van der Waals surface area contributed by atoms with Gasteiger partial charge in [-0.05, 0) is 35.7 Å². The molecule has 31 heavy (non-hydrogen) atoms. The van der Waals surface area contributed by atoms with Crippen molar-refractivity contribution >= 4 is 27.7 Å². The molecule has 1 saturated heterocycles. The van der Waals surface area contributed by atoms with Crippen molar-refractivity contribution in [2.75, 3.05) is 38.6 Å². The number of aryl methyl sites for hydroxylation is 1. The predicted octanol–water partition coefficient (Wildman–Crippen LogP) is 3.07. The van der Waals surface area contributed by atoms with E-state index in [2.05, 4.69) is 5.32 Å². The number of ether oxygens (including phenoxy) is 1. The Morgan fingerprint density at radius 1 is 1.16 bits per heavy atom. The summed E-state index contributed by atoms with van der Waals surface area (Å²) in [5.41, 5.74) is 1.62. The van der Waals surface area contributed by atoms with Crippen LogP contribution in [-0.2, 0) is 26.9 Å². The summed E-state index contributed by atoms with van der Waals surface area (Å²) < 4.78 is 46.5. The number of rotatable bonds is 9. The number of benzene rings is 2.